The van der Waals surface area contributed by atoms with Crippen molar-refractivity contribution in [2.24, 2.45) is 12.8 Å². The molecule has 1 atom stereocenters. The molecule has 3 N–H and O–H groups in total. The summed E-state index contributed by atoms with van der Waals surface area (Å²) in [6.45, 7) is 7.84. The van der Waals surface area contributed by atoms with Crippen LogP contribution in [0.2, 0.25) is 0 Å². The van der Waals surface area contributed by atoms with Crippen LogP contribution in [0.25, 0.3) is 0 Å². The molecule has 2 aromatic rings. The van der Waals surface area contributed by atoms with Gasteiger partial charge in [0.25, 0.3) is 5.91 Å². The van der Waals surface area contributed by atoms with Crippen LogP contribution < -0.4 is 11.1 Å². The summed E-state index contributed by atoms with van der Waals surface area (Å²) >= 11 is 0. The zero-order chi connectivity index (χ0) is 18.1. The van der Waals surface area contributed by atoms with Crippen LogP contribution in [0, 0.1) is 20.8 Å². The Morgan fingerprint density at radius 1 is 1.40 bits per heavy atom. The van der Waals surface area contributed by atoms with Gasteiger partial charge in [0.2, 0.25) is 0 Å². The van der Waals surface area contributed by atoms with E-state index in [2.05, 4.69) is 15.0 Å². The number of carbonyl (C=O) groups is 1. The first-order valence-corrected chi connectivity index (χ1v) is 8.74. The number of nitrogens with two attached hydrogens (primary N) is 1. The second kappa shape index (κ2) is 7.01. The number of aryl methyl sites for hydroxylation is 2. The highest BCUT2D eigenvalue weighted by atomic mass is 16.5. The van der Waals surface area contributed by atoms with E-state index in [1.54, 1.807) is 4.68 Å². The third kappa shape index (κ3) is 3.21. The predicted molar refractivity (Wildman–Crippen MR) is 96.8 cm³/mol. The summed E-state index contributed by atoms with van der Waals surface area (Å²) in [4.78, 5) is 12.8. The summed E-state index contributed by atoms with van der Waals surface area (Å²) in [5, 5.41) is 7.30. The van der Waals surface area contributed by atoms with Gasteiger partial charge in [-0.1, -0.05) is 0 Å². The molecule has 0 aromatic carbocycles. The van der Waals surface area contributed by atoms with Crippen molar-refractivity contribution in [1.82, 2.24) is 14.3 Å². The number of anilines is 1. The van der Waals surface area contributed by atoms with Crippen LogP contribution in [0.15, 0.2) is 6.07 Å². The van der Waals surface area contributed by atoms with E-state index in [1.807, 2.05) is 33.9 Å². The van der Waals surface area contributed by atoms with Crippen LogP contribution in [0.5, 0.6) is 0 Å². The lowest BCUT2D eigenvalue weighted by Gasteiger charge is -2.26. The highest BCUT2D eigenvalue weighted by Gasteiger charge is 2.24. The molecule has 1 aliphatic heterocycles. The first-order chi connectivity index (χ1) is 11.9. The Balaban J connectivity index is 1.87. The minimum absolute atomic E-state index is 0.149. The first-order valence-electron chi connectivity index (χ1n) is 8.74. The van der Waals surface area contributed by atoms with Gasteiger partial charge in [0.1, 0.15) is 0 Å². The van der Waals surface area contributed by atoms with E-state index in [4.69, 9.17) is 10.5 Å². The number of amides is 1. The molecule has 0 bridgehead atoms. The zero-order valence-corrected chi connectivity index (χ0v) is 15.4. The molecule has 0 spiro atoms. The van der Waals surface area contributed by atoms with Gasteiger partial charge in [-0.2, -0.15) is 5.10 Å². The Hall–Kier alpha value is -2.12. The lowest BCUT2D eigenvalue weighted by atomic mass is 10.1. The molecule has 3 rings (SSSR count). The third-order valence-electron chi connectivity index (χ3n) is 5.12. The van der Waals surface area contributed by atoms with Crippen molar-refractivity contribution < 1.29 is 9.53 Å². The van der Waals surface area contributed by atoms with Crippen molar-refractivity contribution in [3.05, 3.63) is 34.3 Å². The quantitative estimate of drug-likeness (QED) is 0.889. The maximum atomic E-state index is 12.8. The summed E-state index contributed by atoms with van der Waals surface area (Å²) in [7, 11) is 1.85. The average molecular weight is 345 g/mol. The molecule has 7 nitrogen and oxygen atoms in total. The fourth-order valence-electron chi connectivity index (χ4n) is 3.67. The number of nitrogens with zero attached hydrogens (tertiary/aromatic N) is 3. The van der Waals surface area contributed by atoms with E-state index >= 15 is 0 Å². The topological polar surface area (TPSA) is 87.1 Å². The lowest BCUT2D eigenvalue weighted by Crippen LogP contribution is -2.23. The molecule has 1 amide bonds. The summed E-state index contributed by atoms with van der Waals surface area (Å²) in [5.41, 5.74) is 10.4. The van der Waals surface area contributed by atoms with Crippen molar-refractivity contribution in [1.29, 1.82) is 0 Å². The standard InChI is InChI=1S/C18H27N5O2/c1-11-8-15(13(3)23(11)14-6-5-7-25-10-14)18(24)20-17-16(9-19)12(2)22(4)21-17/h8,14H,5-7,9-10,19H2,1-4H3,(H,20,21,24). The van der Waals surface area contributed by atoms with Gasteiger partial charge in [-0.3, -0.25) is 9.48 Å². The Morgan fingerprint density at radius 3 is 2.80 bits per heavy atom. The fraction of sp³-hybridized carbons (Fsp3) is 0.556. The van der Waals surface area contributed by atoms with Gasteiger partial charge in [0.05, 0.1) is 18.2 Å². The number of hydrogen-bond donors (Lipinski definition) is 2. The van der Waals surface area contributed by atoms with Crippen molar-refractivity contribution in [3.63, 3.8) is 0 Å². The van der Waals surface area contributed by atoms with Gasteiger partial charge in [-0.25, -0.2) is 0 Å². The second-order valence-electron chi connectivity index (χ2n) is 6.72. The van der Waals surface area contributed by atoms with E-state index in [9.17, 15) is 4.79 Å². The Bertz CT molecular complexity index is 784. The van der Waals surface area contributed by atoms with Crippen molar-refractivity contribution >= 4 is 11.7 Å². The van der Waals surface area contributed by atoms with Crippen molar-refractivity contribution in [3.8, 4) is 0 Å². The molecule has 25 heavy (non-hydrogen) atoms. The molecular formula is C18H27N5O2. The maximum Gasteiger partial charge on any atom is 0.258 e. The Morgan fingerprint density at radius 2 is 2.16 bits per heavy atom. The van der Waals surface area contributed by atoms with Gasteiger partial charge in [-0.05, 0) is 39.7 Å². The Kier molecular flexibility index (Phi) is 4.96. The van der Waals surface area contributed by atoms with Gasteiger partial charge in [0.15, 0.2) is 5.82 Å². The summed E-state index contributed by atoms with van der Waals surface area (Å²) in [6.07, 6.45) is 2.13. The lowest BCUT2D eigenvalue weighted by molar-refractivity contribution is 0.0580. The van der Waals surface area contributed by atoms with E-state index < -0.39 is 0 Å². The van der Waals surface area contributed by atoms with Crippen molar-refractivity contribution in [2.45, 2.75) is 46.2 Å². The van der Waals surface area contributed by atoms with Crippen LogP contribution in [-0.2, 0) is 18.3 Å². The third-order valence-corrected chi connectivity index (χ3v) is 5.12. The highest BCUT2D eigenvalue weighted by Crippen LogP contribution is 2.27. The normalized spacial score (nSPS) is 17.7. The first kappa shape index (κ1) is 17.7. The van der Waals surface area contributed by atoms with Crippen LogP contribution >= 0.6 is 0 Å². The van der Waals surface area contributed by atoms with Gasteiger partial charge < -0.3 is 20.4 Å². The van der Waals surface area contributed by atoms with Gasteiger partial charge in [0, 0.05) is 42.8 Å². The van der Waals surface area contributed by atoms with Crippen LogP contribution in [0.3, 0.4) is 0 Å². The molecule has 1 aliphatic rings. The second-order valence-corrected chi connectivity index (χ2v) is 6.72. The van der Waals surface area contributed by atoms with E-state index in [0.717, 1.165) is 42.1 Å². The van der Waals surface area contributed by atoms with Crippen LogP contribution in [0.4, 0.5) is 5.82 Å². The van der Waals surface area contributed by atoms with E-state index in [-0.39, 0.29) is 5.91 Å². The van der Waals surface area contributed by atoms with E-state index in [1.165, 1.54) is 0 Å². The molecule has 0 radical (unpaired) electrons. The molecule has 0 saturated carbocycles. The van der Waals surface area contributed by atoms with E-state index in [0.29, 0.717) is 30.6 Å². The fourth-order valence-corrected chi connectivity index (χ4v) is 3.67. The van der Waals surface area contributed by atoms with Crippen molar-refractivity contribution in [2.75, 3.05) is 18.5 Å². The maximum absolute atomic E-state index is 12.8. The minimum Gasteiger partial charge on any atom is -0.379 e. The highest BCUT2D eigenvalue weighted by molar-refractivity contribution is 6.05. The summed E-state index contributed by atoms with van der Waals surface area (Å²) in [6, 6.07) is 2.24. The molecular weight excluding hydrogens is 318 g/mol. The summed E-state index contributed by atoms with van der Waals surface area (Å²) in [5.74, 6) is 0.391. The summed E-state index contributed by atoms with van der Waals surface area (Å²) < 4.78 is 9.57. The smallest absolute Gasteiger partial charge is 0.258 e. The monoisotopic (exact) mass is 345 g/mol. The average Bonchev–Trinajstić information content (AvgIpc) is 3.04. The molecule has 7 heteroatoms. The number of nitrogens with one attached hydrogen (secondary N) is 1. The van der Waals surface area contributed by atoms with Crippen LogP contribution in [-0.4, -0.2) is 33.5 Å². The number of carbonyl (C=O) groups excluding carboxylic acids is 1. The molecule has 0 aliphatic carbocycles. The number of aromatic nitrogens is 3. The molecule has 1 fully saturated rings. The minimum atomic E-state index is -0.149. The predicted octanol–water partition coefficient (Wildman–Crippen LogP) is 2.21. The molecule has 136 valence electrons. The zero-order valence-electron chi connectivity index (χ0n) is 15.4. The Labute approximate surface area is 148 Å². The molecule has 1 unspecified atom stereocenters. The van der Waals surface area contributed by atoms with Gasteiger partial charge >= 0.3 is 0 Å². The number of hydrogen-bond acceptors (Lipinski definition) is 4. The van der Waals surface area contributed by atoms with Gasteiger partial charge in [-0.15, -0.1) is 0 Å². The number of rotatable bonds is 4. The number of ether oxygens (including phenoxy) is 1. The molecule has 3 heterocycles. The van der Waals surface area contributed by atoms with Crippen LogP contribution in [0.1, 0.15) is 51.9 Å². The SMILES string of the molecule is Cc1c(CN)c(NC(=O)c2cc(C)n(C3CCCOC3)c2C)nn1C. The molecule has 1 saturated heterocycles. The molecule has 2 aromatic heterocycles. The largest absolute Gasteiger partial charge is 0.379 e.